The molecule has 3 amide bonds. The molecule has 2 aliphatic rings. The van der Waals surface area contributed by atoms with E-state index in [-0.39, 0.29) is 29.8 Å². The van der Waals surface area contributed by atoms with Crippen molar-refractivity contribution >= 4 is 23.4 Å². The van der Waals surface area contributed by atoms with Crippen LogP contribution >= 0.6 is 0 Å². The lowest BCUT2D eigenvalue weighted by Crippen LogP contribution is -2.53. The van der Waals surface area contributed by atoms with Gasteiger partial charge in [-0.05, 0) is 55.5 Å². The summed E-state index contributed by atoms with van der Waals surface area (Å²) in [5.74, 6) is -0.384. The molecule has 29 heavy (non-hydrogen) atoms. The van der Waals surface area contributed by atoms with Gasteiger partial charge in [0.25, 0.3) is 5.91 Å². The van der Waals surface area contributed by atoms with E-state index in [9.17, 15) is 14.4 Å². The number of rotatable bonds is 6. The summed E-state index contributed by atoms with van der Waals surface area (Å²) in [4.78, 5) is 38.4. The summed E-state index contributed by atoms with van der Waals surface area (Å²) < 4.78 is 0. The predicted octanol–water partition coefficient (Wildman–Crippen LogP) is 2.74. The van der Waals surface area contributed by atoms with E-state index < -0.39 is 0 Å². The van der Waals surface area contributed by atoms with Crippen molar-refractivity contribution in [2.45, 2.75) is 37.6 Å². The highest BCUT2D eigenvalue weighted by molar-refractivity contribution is 5.98. The molecule has 2 aromatic carbocycles. The minimum absolute atomic E-state index is 0.0697. The van der Waals surface area contributed by atoms with Crippen LogP contribution in [0.5, 0.6) is 0 Å². The van der Waals surface area contributed by atoms with Crippen LogP contribution in [-0.2, 0) is 15.1 Å². The lowest BCUT2D eigenvalue weighted by Gasteiger charge is -2.43. The van der Waals surface area contributed by atoms with Gasteiger partial charge in [-0.25, -0.2) is 0 Å². The van der Waals surface area contributed by atoms with Crippen molar-refractivity contribution in [2.24, 2.45) is 0 Å². The number of benzene rings is 2. The molecule has 150 valence electrons. The van der Waals surface area contributed by atoms with Gasteiger partial charge in [0.1, 0.15) is 0 Å². The highest BCUT2D eigenvalue weighted by atomic mass is 16.2. The number of amides is 3. The summed E-state index contributed by atoms with van der Waals surface area (Å²) in [7, 11) is 0. The molecule has 1 saturated heterocycles. The molecular weight excluding hydrogens is 366 g/mol. The minimum Gasteiger partial charge on any atom is -0.345 e. The number of carbonyl (C=O) groups excluding carboxylic acids is 3. The maximum Gasteiger partial charge on any atom is 0.251 e. The van der Waals surface area contributed by atoms with Crippen LogP contribution in [-0.4, -0.2) is 30.8 Å². The fraction of sp³-hybridized carbons (Fsp3) is 0.348. The monoisotopic (exact) mass is 391 g/mol. The first-order valence-corrected chi connectivity index (χ1v) is 10.1. The van der Waals surface area contributed by atoms with Gasteiger partial charge < -0.3 is 15.5 Å². The molecule has 0 atom stereocenters. The quantitative estimate of drug-likeness (QED) is 0.795. The van der Waals surface area contributed by atoms with Gasteiger partial charge in [0, 0.05) is 24.2 Å². The first-order valence-electron chi connectivity index (χ1n) is 10.1. The zero-order valence-corrected chi connectivity index (χ0v) is 16.3. The SMILES string of the molecule is O=C(CNC(=O)c1ccc(N2CCCC2=O)cc1)NC1(c2ccccc2)CCC1. The summed E-state index contributed by atoms with van der Waals surface area (Å²) >= 11 is 0. The Labute approximate surface area is 170 Å². The maximum absolute atomic E-state index is 12.5. The third-order valence-electron chi connectivity index (χ3n) is 5.84. The molecule has 6 heteroatoms. The summed E-state index contributed by atoms with van der Waals surface area (Å²) in [6, 6.07) is 16.9. The van der Waals surface area contributed by atoms with Gasteiger partial charge in [0.15, 0.2) is 0 Å². The number of hydrogen-bond acceptors (Lipinski definition) is 3. The third kappa shape index (κ3) is 4.01. The largest absolute Gasteiger partial charge is 0.345 e. The summed E-state index contributed by atoms with van der Waals surface area (Å²) in [5.41, 5.74) is 2.07. The topological polar surface area (TPSA) is 78.5 Å². The van der Waals surface area contributed by atoms with Gasteiger partial charge in [-0.3, -0.25) is 14.4 Å². The Morgan fingerprint density at radius 2 is 1.69 bits per heavy atom. The smallest absolute Gasteiger partial charge is 0.251 e. The molecular formula is C23H25N3O3. The number of hydrogen-bond donors (Lipinski definition) is 2. The third-order valence-corrected chi connectivity index (χ3v) is 5.84. The molecule has 2 fully saturated rings. The molecule has 6 nitrogen and oxygen atoms in total. The molecule has 0 radical (unpaired) electrons. The fourth-order valence-corrected chi connectivity index (χ4v) is 4.06. The van der Waals surface area contributed by atoms with Crippen molar-refractivity contribution < 1.29 is 14.4 Å². The maximum atomic E-state index is 12.5. The molecule has 1 aliphatic carbocycles. The Kier molecular flexibility index (Phi) is 5.34. The molecule has 0 aromatic heterocycles. The lowest BCUT2D eigenvalue weighted by atomic mass is 9.72. The van der Waals surface area contributed by atoms with E-state index in [1.807, 2.05) is 30.3 Å². The van der Waals surface area contributed by atoms with Gasteiger partial charge in [0.05, 0.1) is 12.1 Å². The van der Waals surface area contributed by atoms with E-state index in [1.54, 1.807) is 29.2 Å². The van der Waals surface area contributed by atoms with E-state index in [1.165, 1.54) is 0 Å². The summed E-state index contributed by atoms with van der Waals surface area (Å²) in [6.07, 6.45) is 4.33. The summed E-state index contributed by atoms with van der Waals surface area (Å²) in [5, 5.41) is 5.79. The van der Waals surface area contributed by atoms with Crippen LogP contribution in [0.1, 0.15) is 48.0 Å². The van der Waals surface area contributed by atoms with Crippen LogP contribution in [0.4, 0.5) is 5.69 Å². The molecule has 1 aliphatic heterocycles. The van der Waals surface area contributed by atoms with Crippen molar-refractivity contribution in [3.8, 4) is 0 Å². The average molecular weight is 391 g/mol. The molecule has 0 bridgehead atoms. The van der Waals surface area contributed by atoms with Crippen molar-refractivity contribution in [1.29, 1.82) is 0 Å². The van der Waals surface area contributed by atoms with Crippen LogP contribution in [0.2, 0.25) is 0 Å². The van der Waals surface area contributed by atoms with Crippen LogP contribution in [0, 0.1) is 0 Å². The Hall–Kier alpha value is -3.15. The van der Waals surface area contributed by atoms with Crippen LogP contribution < -0.4 is 15.5 Å². The second-order valence-corrected chi connectivity index (χ2v) is 7.73. The van der Waals surface area contributed by atoms with E-state index in [0.717, 1.165) is 36.9 Å². The highest BCUT2D eigenvalue weighted by Crippen LogP contribution is 2.41. The van der Waals surface area contributed by atoms with E-state index >= 15 is 0 Å². The molecule has 2 aromatic rings. The van der Waals surface area contributed by atoms with Crippen molar-refractivity contribution in [3.05, 3.63) is 65.7 Å². The van der Waals surface area contributed by atoms with Crippen molar-refractivity contribution in [1.82, 2.24) is 10.6 Å². The number of carbonyl (C=O) groups is 3. The van der Waals surface area contributed by atoms with Gasteiger partial charge in [0.2, 0.25) is 11.8 Å². The second-order valence-electron chi connectivity index (χ2n) is 7.73. The van der Waals surface area contributed by atoms with Crippen LogP contribution in [0.15, 0.2) is 54.6 Å². The Balaban J connectivity index is 1.32. The van der Waals surface area contributed by atoms with E-state index in [0.29, 0.717) is 18.5 Å². The van der Waals surface area contributed by atoms with Gasteiger partial charge in [-0.15, -0.1) is 0 Å². The number of anilines is 1. The second kappa shape index (κ2) is 8.07. The van der Waals surface area contributed by atoms with Gasteiger partial charge in [-0.1, -0.05) is 30.3 Å². The van der Waals surface area contributed by atoms with E-state index in [4.69, 9.17) is 0 Å². The Morgan fingerprint density at radius 1 is 0.966 bits per heavy atom. The Bertz CT molecular complexity index is 905. The predicted molar refractivity (Wildman–Crippen MR) is 110 cm³/mol. The highest BCUT2D eigenvalue weighted by Gasteiger charge is 2.39. The average Bonchev–Trinajstić information content (AvgIpc) is 3.15. The van der Waals surface area contributed by atoms with Crippen LogP contribution in [0.3, 0.4) is 0 Å². The fourth-order valence-electron chi connectivity index (χ4n) is 4.06. The zero-order chi connectivity index (χ0) is 20.3. The Morgan fingerprint density at radius 3 is 2.28 bits per heavy atom. The molecule has 1 heterocycles. The lowest BCUT2D eigenvalue weighted by molar-refractivity contribution is -0.123. The molecule has 2 N–H and O–H groups in total. The first-order chi connectivity index (χ1) is 14.1. The molecule has 0 unspecified atom stereocenters. The number of nitrogens with zero attached hydrogens (tertiary/aromatic N) is 1. The van der Waals surface area contributed by atoms with E-state index in [2.05, 4.69) is 10.6 Å². The zero-order valence-electron chi connectivity index (χ0n) is 16.3. The normalized spacial score (nSPS) is 17.5. The molecule has 0 spiro atoms. The summed E-state index contributed by atoms with van der Waals surface area (Å²) in [6.45, 7) is 0.646. The standard InChI is InChI=1S/C23H25N3O3/c27-20(25-23(13-5-14-23)18-6-2-1-3-7-18)16-24-22(29)17-9-11-19(12-10-17)26-15-4-8-21(26)28/h1-3,6-7,9-12H,4-5,8,13-16H2,(H,24,29)(H,25,27). The van der Waals surface area contributed by atoms with Crippen molar-refractivity contribution in [2.75, 3.05) is 18.0 Å². The minimum atomic E-state index is -0.313. The number of nitrogens with one attached hydrogen (secondary N) is 2. The molecule has 4 rings (SSSR count). The van der Waals surface area contributed by atoms with Gasteiger partial charge >= 0.3 is 0 Å². The molecule has 1 saturated carbocycles. The van der Waals surface area contributed by atoms with Gasteiger partial charge in [-0.2, -0.15) is 0 Å². The van der Waals surface area contributed by atoms with Crippen LogP contribution in [0.25, 0.3) is 0 Å². The first kappa shape index (κ1) is 19.2. The van der Waals surface area contributed by atoms with Crippen molar-refractivity contribution in [3.63, 3.8) is 0 Å².